The molecule has 1 aromatic rings. The van der Waals surface area contributed by atoms with E-state index in [1.807, 2.05) is 0 Å². The molecule has 8 heteroatoms. The van der Waals surface area contributed by atoms with Crippen molar-refractivity contribution < 1.29 is 31.2 Å². The molecule has 2 N–H and O–H groups in total. The number of aliphatic hydroxyl groups is 1. The monoisotopic (exact) mass is 256 g/mol. The van der Waals surface area contributed by atoms with Crippen molar-refractivity contribution in [1.29, 1.82) is 0 Å². The van der Waals surface area contributed by atoms with Crippen LogP contribution in [0.2, 0.25) is 0 Å². The average Bonchev–Trinajstić information content (AvgIpc) is 2.14. The van der Waals surface area contributed by atoms with Gasteiger partial charge in [0.2, 0.25) is 5.44 Å². The summed E-state index contributed by atoms with van der Waals surface area (Å²) >= 11 is 0. The van der Waals surface area contributed by atoms with Crippen molar-refractivity contribution in [3.05, 3.63) is 35.4 Å². The van der Waals surface area contributed by atoms with Crippen LogP contribution in [0.1, 0.15) is 16.6 Å². The predicted octanol–water partition coefficient (Wildman–Crippen LogP) is 1.58. The van der Waals surface area contributed by atoms with E-state index in [-0.39, 0.29) is 5.56 Å². The number of rotatable bonds is 2. The van der Waals surface area contributed by atoms with Crippen molar-refractivity contribution in [2.75, 3.05) is 0 Å². The summed E-state index contributed by atoms with van der Waals surface area (Å²) in [7, 11) is -4.73. The molecule has 1 aromatic carbocycles. The van der Waals surface area contributed by atoms with Crippen LogP contribution in [0.15, 0.2) is 24.3 Å². The summed E-state index contributed by atoms with van der Waals surface area (Å²) in [6.45, 7) is 0. The molecule has 0 spiro atoms. The molecule has 0 amide bonds. The number of hydrogen-bond donors (Lipinski definition) is 2. The minimum absolute atomic E-state index is 0.337. The highest BCUT2D eigenvalue weighted by Crippen LogP contribution is 2.30. The van der Waals surface area contributed by atoms with E-state index < -0.39 is 27.3 Å². The van der Waals surface area contributed by atoms with Gasteiger partial charge in [-0.25, -0.2) is 0 Å². The minimum atomic E-state index is -4.73. The number of halogens is 3. The number of hydrogen-bond acceptors (Lipinski definition) is 3. The molecular weight excluding hydrogens is 249 g/mol. The molecule has 0 saturated carbocycles. The van der Waals surface area contributed by atoms with E-state index in [0.717, 1.165) is 12.1 Å². The van der Waals surface area contributed by atoms with Gasteiger partial charge in [-0.2, -0.15) is 21.6 Å². The lowest BCUT2D eigenvalue weighted by Crippen LogP contribution is -2.12. The molecule has 0 saturated heterocycles. The van der Waals surface area contributed by atoms with Crippen LogP contribution in [0.5, 0.6) is 0 Å². The van der Waals surface area contributed by atoms with Crippen molar-refractivity contribution in [2.24, 2.45) is 0 Å². The first-order valence-corrected chi connectivity index (χ1v) is 5.44. The lowest BCUT2D eigenvalue weighted by molar-refractivity contribution is -0.137. The van der Waals surface area contributed by atoms with E-state index in [4.69, 9.17) is 9.66 Å². The maximum absolute atomic E-state index is 12.1. The van der Waals surface area contributed by atoms with Crippen molar-refractivity contribution in [3.63, 3.8) is 0 Å². The smallest absolute Gasteiger partial charge is 0.371 e. The highest BCUT2D eigenvalue weighted by Gasteiger charge is 2.31. The molecule has 0 aliphatic heterocycles. The third kappa shape index (κ3) is 2.94. The SMILES string of the molecule is O=S(=O)(O)[C@H](O)c1ccc(C(F)(F)F)cc1. The predicted molar refractivity (Wildman–Crippen MR) is 48.0 cm³/mol. The van der Waals surface area contributed by atoms with Crippen LogP contribution < -0.4 is 0 Å². The molecule has 0 aliphatic rings. The first-order valence-electron chi connectivity index (χ1n) is 3.94. The molecule has 0 bridgehead atoms. The Hall–Kier alpha value is -1.12. The fourth-order valence-electron chi connectivity index (χ4n) is 1.01. The normalized spacial score (nSPS) is 14.8. The number of benzene rings is 1. The van der Waals surface area contributed by atoms with E-state index in [0.29, 0.717) is 12.1 Å². The maximum atomic E-state index is 12.1. The Kier molecular flexibility index (Phi) is 3.27. The van der Waals surface area contributed by atoms with Crippen LogP contribution in [0, 0.1) is 0 Å². The summed E-state index contributed by atoms with van der Waals surface area (Å²) in [4.78, 5) is 0. The zero-order chi connectivity index (χ0) is 12.6. The Morgan fingerprint density at radius 2 is 1.56 bits per heavy atom. The molecular formula is C8H7F3O4S. The van der Waals surface area contributed by atoms with Gasteiger partial charge < -0.3 is 5.11 Å². The van der Waals surface area contributed by atoms with Crippen LogP contribution in [0.3, 0.4) is 0 Å². The Balaban J connectivity index is 3.05. The molecule has 90 valence electrons. The largest absolute Gasteiger partial charge is 0.416 e. The quantitative estimate of drug-likeness (QED) is 0.788. The molecule has 1 atom stereocenters. The lowest BCUT2D eigenvalue weighted by Gasteiger charge is -2.10. The van der Waals surface area contributed by atoms with Crippen LogP contribution in [0.25, 0.3) is 0 Å². The van der Waals surface area contributed by atoms with Crippen molar-refractivity contribution in [1.82, 2.24) is 0 Å². The van der Waals surface area contributed by atoms with E-state index in [2.05, 4.69) is 0 Å². The van der Waals surface area contributed by atoms with Gasteiger partial charge in [0.25, 0.3) is 10.1 Å². The second-order valence-electron chi connectivity index (χ2n) is 2.99. The second-order valence-corrected chi connectivity index (χ2v) is 4.46. The Morgan fingerprint density at radius 1 is 1.12 bits per heavy atom. The van der Waals surface area contributed by atoms with E-state index in [1.165, 1.54) is 0 Å². The highest BCUT2D eigenvalue weighted by molar-refractivity contribution is 7.85. The Bertz CT molecular complexity index is 463. The molecule has 0 fully saturated rings. The molecule has 0 radical (unpaired) electrons. The zero-order valence-corrected chi connectivity index (χ0v) is 8.46. The fraction of sp³-hybridized carbons (Fsp3) is 0.250. The first kappa shape index (κ1) is 12.9. The van der Waals surface area contributed by atoms with Gasteiger partial charge >= 0.3 is 6.18 Å². The molecule has 0 unspecified atom stereocenters. The lowest BCUT2D eigenvalue weighted by atomic mass is 10.1. The molecule has 16 heavy (non-hydrogen) atoms. The standard InChI is InChI=1S/C8H7F3O4S/c9-8(10,11)6-3-1-5(2-4-6)7(12)16(13,14)15/h1-4,7,12H,(H,13,14,15)/t7-/m0/s1. The zero-order valence-electron chi connectivity index (χ0n) is 7.64. The van der Waals surface area contributed by atoms with Crippen molar-refractivity contribution in [3.8, 4) is 0 Å². The highest BCUT2D eigenvalue weighted by atomic mass is 32.2. The van der Waals surface area contributed by atoms with Crippen molar-refractivity contribution >= 4 is 10.1 Å². The second kappa shape index (κ2) is 4.04. The third-order valence-corrected chi connectivity index (χ3v) is 2.64. The Labute approximate surface area is 89.1 Å². The summed E-state index contributed by atoms with van der Waals surface area (Å²) in [5.41, 5.74) is -3.55. The van der Waals surface area contributed by atoms with Gasteiger partial charge in [-0.3, -0.25) is 4.55 Å². The van der Waals surface area contributed by atoms with Gasteiger partial charge in [-0.1, -0.05) is 12.1 Å². The summed E-state index contributed by atoms with van der Waals surface area (Å²) in [6, 6.07) is 2.79. The molecule has 4 nitrogen and oxygen atoms in total. The van der Waals surface area contributed by atoms with Gasteiger partial charge in [-0.15, -0.1) is 0 Å². The molecule has 0 heterocycles. The topological polar surface area (TPSA) is 74.6 Å². The average molecular weight is 256 g/mol. The number of alkyl halides is 3. The van der Waals surface area contributed by atoms with E-state index in [1.54, 1.807) is 0 Å². The fourth-order valence-corrected chi connectivity index (χ4v) is 1.51. The Morgan fingerprint density at radius 3 is 1.88 bits per heavy atom. The van der Waals surface area contributed by atoms with E-state index in [9.17, 15) is 21.6 Å². The summed E-state index contributed by atoms with van der Waals surface area (Å²) in [5, 5.41) is 9.03. The van der Waals surface area contributed by atoms with Gasteiger partial charge in [-0.05, 0) is 17.7 Å². The summed E-state index contributed by atoms with van der Waals surface area (Å²) < 4.78 is 65.8. The van der Waals surface area contributed by atoms with Crippen LogP contribution >= 0.6 is 0 Å². The maximum Gasteiger partial charge on any atom is 0.416 e. The number of aliphatic hydroxyl groups excluding tert-OH is 1. The minimum Gasteiger partial charge on any atom is -0.371 e. The first-order chi connectivity index (χ1) is 7.12. The van der Waals surface area contributed by atoms with Gasteiger partial charge in [0.15, 0.2) is 0 Å². The summed E-state index contributed by atoms with van der Waals surface area (Å²) in [6.07, 6.45) is -4.54. The molecule has 0 aromatic heterocycles. The van der Waals surface area contributed by atoms with Crippen molar-refractivity contribution in [2.45, 2.75) is 11.6 Å². The van der Waals surface area contributed by atoms with Gasteiger partial charge in [0.1, 0.15) is 0 Å². The van der Waals surface area contributed by atoms with Crippen LogP contribution in [-0.2, 0) is 16.3 Å². The third-order valence-electron chi connectivity index (χ3n) is 1.81. The molecule has 0 aliphatic carbocycles. The van der Waals surface area contributed by atoms with Gasteiger partial charge in [0.05, 0.1) is 5.56 Å². The molecule has 1 rings (SSSR count). The van der Waals surface area contributed by atoms with E-state index >= 15 is 0 Å². The van der Waals surface area contributed by atoms with Crippen LogP contribution in [0.4, 0.5) is 13.2 Å². The summed E-state index contributed by atoms with van der Waals surface area (Å²) in [5.74, 6) is 0. The van der Waals surface area contributed by atoms with Crippen LogP contribution in [-0.4, -0.2) is 18.1 Å². The van der Waals surface area contributed by atoms with Gasteiger partial charge in [0, 0.05) is 0 Å².